The maximum absolute atomic E-state index is 12.2. The van der Waals surface area contributed by atoms with Gasteiger partial charge in [0.05, 0.1) is 16.3 Å². The van der Waals surface area contributed by atoms with Crippen molar-refractivity contribution in [2.45, 2.75) is 6.92 Å². The predicted molar refractivity (Wildman–Crippen MR) is 81.9 cm³/mol. The van der Waals surface area contributed by atoms with Crippen molar-refractivity contribution in [1.29, 1.82) is 0 Å². The van der Waals surface area contributed by atoms with Gasteiger partial charge in [0.1, 0.15) is 5.75 Å². The van der Waals surface area contributed by atoms with Gasteiger partial charge in [-0.1, -0.05) is 23.8 Å². The maximum atomic E-state index is 12.2. The van der Waals surface area contributed by atoms with Crippen molar-refractivity contribution in [3.05, 3.63) is 63.9 Å². The summed E-state index contributed by atoms with van der Waals surface area (Å²) in [6, 6.07) is 12.6. The van der Waals surface area contributed by atoms with Gasteiger partial charge in [-0.3, -0.25) is 4.79 Å². The number of benzene rings is 2. The zero-order chi connectivity index (χ0) is 14.1. The van der Waals surface area contributed by atoms with E-state index >= 15 is 0 Å². The van der Waals surface area contributed by atoms with Crippen LogP contribution in [-0.2, 0) is 0 Å². The first-order valence-corrected chi connectivity index (χ1v) is 6.87. The Hall–Kier alpha value is -2.40. The molecule has 2 aromatic carbocycles. The number of phenols is 1. The van der Waals surface area contributed by atoms with Crippen LogP contribution in [0, 0.1) is 6.92 Å². The van der Waals surface area contributed by atoms with Crippen LogP contribution in [-0.4, -0.2) is 15.4 Å². The Bertz CT molecular complexity index is 862. The molecule has 0 fully saturated rings. The highest BCUT2D eigenvalue weighted by Gasteiger charge is 2.06. The Morgan fingerprint density at radius 1 is 1.25 bits per heavy atom. The minimum atomic E-state index is -0.139. The van der Waals surface area contributed by atoms with Crippen LogP contribution in [0.3, 0.4) is 0 Å². The van der Waals surface area contributed by atoms with Gasteiger partial charge in [-0.25, -0.2) is 0 Å². The SMILES string of the molecule is Cc1ccc2sn(/N=C/c3ccccc3O)c(=O)c2c1. The van der Waals surface area contributed by atoms with Crippen molar-refractivity contribution < 1.29 is 5.11 Å². The van der Waals surface area contributed by atoms with Crippen molar-refractivity contribution in [1.82, 2.24) is 4.07 Å². The lowest BCUT2D eigenvalue weighted by Gasteiger charge is -1.95. The fourth-order valence-corrected chi connectivity index (χ4v) is 2.75. The standard InChI is InChI=1S/C15H12N2O2S/c1-10-6-7-14-12(8-10)15(19)17(20-14)16-9-11-4-2-3-5-13(11)18/h2-9,18H,1H3/b16-9+. The highest BCUT2D eigenvalue weighted by molar-refractivity contribution is 7.13. The summed E-state index contributed by atoms with van der Waals surface area (Å²) in [5.41, 5.74) is 1.48. The van der Waals surface area contributed by atoms with Crippen molar-refractivity contribution in [3.8, 4) is 5.75 Å². The molecule has 0 saturated heterocycles. The predicted octanol–water partition coefficient (Wildman–Crippen LogP) is 2.96. The zero-order valence-electron chi connectivity index (χ0n) is 10.8. The second kappa shape index (κ2) is 4.94. The molecule has 100 valence electrons. The maximum Gasteiger partial charge on any atom is 0.289 e. The lowest BCUT2D eigenvalue weighted by atomic mass is 10.2. The fraction of sp³-hybridized carbons (Fsp3) is 0.0667. The molecular formula is C15H12N2O2S. The Kier molecular flexibility index (Phi) is 3.12. The molecule has 0 radical (unpaired) electrons. The Labute approximate surface area is 119 Å². The van der Waals surface area contributed by atoms with Crippen LogP contribution in [0.2, 0.25) is 0 Å². The van der Waals surface area contributed by atoms with Crippen LogP contribution in [0.25, 0.3) is 10.1 Å². The molecule has 1 heterocycles. The molecule has 5 heteroatoms. The van der Waals surface area contributed by atoms with Gasteiger partial charge in [0, 0.05) is 5.56 Å². The molecule has 0 atom stereocenters. The number of hydrogen-bond acceptors (Lipinski definition) is 4. The number of hydrogen-bond donors (Lipinski definition) is 1. The molecule has 20 heavy (non-hydrogen) atoms. The molecular weight excluding hydrogens is 272 g/mol. The first kappa shape index (κ1) is 12.6. The molecule has 0 spiro atoms. The Morgan fingerprint density at radius 2 is 2.05 bits per heavy atom. The van der Waals surface area contributed by atoms with E-state index in [0.717, 1.165) is 10.3 Å². The van der Waals surface area contributed by atoms with Crippen molar-refractivity contribution in [2.75, 3.05) is 0 Å². The van der Waals surface area contributed by atoms with E-state index in [1.807, 2.05) is 25.1 Å². The average Bonchev–Trinajstić information content (AvgIpc) is 2.75. The van der Waals surface area contributed by atoms with E-state index in [0.29, 0.717) is 10.9 Å². The average molecular weight is 284 g/mol. The van der Waals surface area contributed by atoms with E-state index in [-0.39, 0.29) is 11.3 Å². The lowest BCUT2D eigenvalue weighted by Crippen LogP contribution is -2.08. The molecule has 4 nitrogen and oxygen atoms in total. The van der Waals surface area contributed by atoms with Crippen LogP contribution in [0.4, 0.5) is 0 Å². The third-order valence-electron chi connectivity index (χ3n) is 2.96. The van der Waals surface area contributed by atoms with E-state index in [4.69, 9.17) is 0 Å². The summed E-state index contributed by atoms with van der Waals surface area (Å²) in [5.74, 6) is 0.140. The monoisotopic (exact) mass is 284 g/mol. The molecule has 0 aliphatic rings. The van der Waals surface area contributed by atoms with Gasteiger partial charge in [0.2, 0.25) is 0 Å². The molecule has 1 N–H and O–H groups in total. The van der Waals surface area contributed by atoms with Crippen molar-refractivity contribution >= 4 is 27.8 Å². The Balaban J connectivity index is 2.06. The number of aromatic hydroxyl groups is 1. The van der Waals surface area contributed by atoms with Crippen LogP contribution < -0.4 is 5.56 Å². The second-order valence-electron chi connectivity index (χ2n) is 4.47. The molecule has 0 unspecified atom stereocenters. The van der Waals surface area contributed by atoms with Gasteiger partial charge in [-0.2, -0.15) is 5.10 Å². The van der Waals surface area contributed by atoms with Crippen LogP contribution >= 0.6 is 11.5 Å². The highest BCUT2D eigenvalue weighted by Crippen LogP contribution is 2.18. The number of aryl methyl sites for hydroxylation is 1. The third kappa shape index (κ3) is 2.23. The number of para-hydroxylation sites is 1. The minimum Gasteiger partial charge on any atom is -0.507 e. The molecule has 0 aliphatic heterocycles. The molecule has 0 aliphatic carbocycles. The molecule has 0 saturated carbocycles. The van der Waals surface area contributed by atoms with E-state index < -0.39 is 0 Å². The smallest absolute Gasteiger partial charge is 0.289 e. The van der Waals surface area contributed by atoms with E-state index in [1.165, 1.54) is 21.8 Å². The van der Waals surface area contributed by atoms with Crippen molar-refractivity contribution in [3.63, 3.8) is 0 Å². The molecule has 3 aromatic rings. The number of phenolic OH excluding ortho intramolecular Hbond substituents is 1. The largest absolute Gasteiger partial charge is 0.507 e. The first-order valence-electron chi connectivity index (χ1n) is 6.10. The minimum absolute atomic E-state index is 0.139. The van der Waals surface area contributed by atoms with Gasteiger partial charge in [-0.15, -0.1) is 4.07 Å². The number of nitrogens with zero attached hydrogens (tertiary/aromatic N) is 2. The number of fused-ring (bicyclic) bond motifs is 1. The van der Waals surface area contributed by atoms with E-state index in [1.54, 1.807) is 24.3 Å². The molecule has 1 aromatic heterocycles. The first-order chi connectivity index (χ1) is 9.65. The summed E-state index contributed by atoms with van der Waals surface area (Å²) in [5, 5.41) is 14.5. The van der Waals surface area contributed by atoms with Crippen LogP contribution in [0.5, 0.6) is 5.75 Å². The van der Waals surface area contributed by atoms with Gasteiger partial charge in [-0.05, 0) is 42.7 Å². The van der Waals surface area contributed by atoms with E-state index in [9.17, 15) is 9.90 Å². The normalized spacial score (nSPS) is 11.4. The number of rotatable bonds is 2. The van der Waals surface area contributed by atoms with Gasteiger partial charge < -0.3 is 5.11 Å². The fourth-order valence-electron chi connectivity index (χ4n) is 1.92. The van der Waals surface area contributed by atoms with Gasteiger partial charge in [0.15, 0.2) is 0 Å². The molecule has 3 rings (SSSR count). The quantitative estimate of drug-likeness (QED) is 0.736. The summed E-state index contributed by atoms with van der Waals surface area (Å²) in [4.78, 5) is 12.2. The lowest BCUT2D eigenvalue weighted by molar-refractivity contribution is 0.474. The van der Waals surface area contributed by atoms with Crippen molar-refractivity contribution in [2.24, 2.45) is 5.10 Å². The van der Waals surface area contributed by atoms with Crippen LogP contribution in [0.15, 0.2) is 52.4 Å². The summed E-state index contributed by atoms with van der Waals surface area (Å²) < 4.78 is 2.23. The zero-order valence-corrected chi connectivity index (χ0v) is 11.6. The van der Waals surface area contributed by atoms with Gasteiger partial charge in [0.25, 0.3) is 5.56 Å². The summed E-state index contributed by atoms with van der Waals surface area (Å²) in [6.07, 6.45) is 1.49. The Morgan fingerprint density at radius 3 is 2.85 bits per heavy atom. The third-order valence-corrected chi connectivity index (χ3v) is 3.95. The summed E-state index contributed by atoms with van der Waals surface area (Å²) >= 11 is 1.28. The molecule has 0 amide bonds. The van der Waals surface area contributed by atoms with Crippen LogP contribution in [0.1, 0.15) is 11.1 Å². The molecule has 0 bridgehead atoms. The van der Waals surface area contributed by atoms with E-state index in [2.05, 4.69) is 5.10 Å². The number of aromatic nitrogens is 1. The topological polar surface area (TPSA) is 54.6 Å². The second-order valence-corrected chi connectivity index (χ2v) is 5.44. The highest BCUT2D eigenvalue weighted by atomic mass is 32.1. The van der Waals surface area contributed by atoms with Gasteiger partial charge >= 0.3 is 0 Å². The summed E-state index contributed by atoms with van der Waals surface area (Å²) in [7, 11) is 0. The summed E-state index contributed by atoms with van der Waals surface area (Å²) in [6.45, 7) is 1.95.